The minimum atomic E-state index is -0.0521. The van der Waals surface area contributed by atoms with E-state index in [0.717, 1.165) is 19.6 Å². The van der Waals surface area contributed by atoms with E-state index in [1.54, 1.807) is 0 Å². The Balaban J connectivity index is 4.07. The summed E-state index contributed by atoms with van der Waals surface area (Å²) in [5.41, 5.74) is 0. The van der Waals surface area contributed by atoms with E-state index in [2.05, 4.69) is 50.9 Å². The van der Waals surface area contributed by atoms with Gasteiger partial charge in [0.15, 0.2) is 0 Å². The molecule has 0 aliphatic heterocycles. The molecule has 0 aliphatic carbocycles. The van der Waals surface area contributed by atoms with Crippen LogP contribution in [-0.4, -0.2) is 36.6 Å². The molecule has 1 atom stereocenters. The third kappa shape index (κ3) is 7.35. The fourth-order valence-corrected chi connectivity index (χ4v) is 1.64. The molecule has 1 unspecified atom stereocenters. The lowest BCUT2D eigenvalue weighted by atomic mass is 10.2. The van der Waals surface area contributed by atoms with Crippen molar-refractivity contribution in [3.05, 3.63) is 0 Å². The lowest BCUT2D eigenvalue weighted by Gasteiger charge is -2.26. The molecule has 0 heterocycles. The Morgan fingerprint density at radius 3 is 2.13 bits per heavy atom. The van der Waals surface area contributed by atoms with E-state index in [4.69, 9.17) is 5.26 Å². The maximum atomic E-state index is 9.01. The first-order valence-electron chi connectivity index (χ1n) is 5.87. The highest BCUT2D eigenvalue weighted by molar-refractivity contribution is 4.92. The van der Waals surface area contributed by atoms with Crippen LogP contribution in [0.2, 0.25) is 0 Å². The molecule has 3 heteroatoms. The van der Waals surface area contributed by atoms with Crippen molar-refractivity contribution in [2.75, 3.05) is 19.6 Å². The highest BCUT2D eigenvalue weighted by atomic mass is 15.1. The summed E-state index contributed by atoms with van der Waals surface area (Å²) in [6, 6.07) is 2.63. The maximum absolute atomic E-state index is 9.01. The van der Waals surface area contributed by atoms with Gasteiger partial charge in [-0.2, -0.15) is 5.26 Å². The average Bonchev–Trinajstić information content (AvgIpc) is 2.14. The van der Waals surface area contributed by atoms with Gasteiger partial charge in [-0.25, -0.2) is 0 Å². The number of nitrogens with zero attached hydrogens (tertiary/aromatic N) is 2. The summed E-state index contributed by atoms with van der Waals surface area (Å²) in [7, 11) is 0. The van der Waals surface area contributed by atoms with Crippen LogP contribution in [0.15, 0.2) is 0 Å². The topological polar surface area (TPSA) is 39.1 Å². The minimum Gasteiger partial charge on any atom is -0.301 e. The average molecular weight is 211 g/mol. The molecule has 0 amide bonds. The van der Waals surface area contributed by atoms with Crippen LogP contribution >= 0.6 is 0 Å². The summed E-state index contributed by atoms with van der Waals surface area (Å²) in [4.78, 5) is 2.33. The molecule has 15 heavy (non-hydrogen) atoms. The van der Waals surface area contributed by atoms with Gasteiger partial charge in [0.25, 0.3) is 0 Å². The van der Waals surface area contributed by atoms with Crippen LogP contribution < -0.4 is 5.32 Å². The summed E-state index contributed by atoms with van der Waals surface area (Å²) in [5.74, 6) is 0.656. The summed E-state index contributed by atoms with van der Waals surface area (Å²) in [6.45, 7) is 13.6. The van der Waals surface area contributed by atoms with Crippen LogP contribution in [0.25, 0.3) is 0 Å². The third-order valence-corrected chi connectivity index (χ3v) is 2.20. The number of likely N-dealkylation sites (N-methyl/N-ethyl adjacent to an activating group) is 1. The highest BCUT2D eigenvalue weighted by Crippen LogP contribution is 2.00. The quantitative estimate of drug-likeness (QED) is 0.698. The molecule has 0 rings (SSSR count). The maximum Gasteiger partial charge on any atom is 0.108 e. The van der Waals surface area contributed by atoms with E-state index < -0.39 is 0 Å². The fourth-order valence-electron chi connectivity index (χ4n) is 1.64. The molecule has 0 saturated carbocycles. The van der Waals surface area contributed by atoms with Gasteiger partial charge in [0.05, 0.1) is 6.07 Å². The Bertz CT molecular complexity index is 194. The van der Waals surface area contributed by atoms with E-state index in [0.29, 0.717) is 12.0 Å². The van der Waals surface area contributed by atoms with Gasteiger partial charge in [-0.05, 0) is 26.3 Å². The zero-order valence-electron chi connectivity index (χ0n) is 10.7. The highest BCUT2D eigenvalue weighted by Gasteiger charge is 2.13. The molecule has 0 aromatic rings. The zero-order chi connectivity index (χ0) is 11.8. The first-order chi connectivity index (χ1) is 6.99. The van der Waals surface area contributed by atoms with Gasteiger partial charge in [0.2, 0.25) is 0 Å². The molecule has 0 saturated heterocycles. The third-order valence-electron chi connectivity index (χ3n) is 2.20. The summed E-state index contributed by atoms with van der Waals surface area (Å²) in [6.07, 6.45) is 0. The Labute approximate surface area is 94.5 Å². The summed E-state index contributed by atoms with van der Waals surface area (Å²) >= 11 is 0. The molecule has 0 aliphatic rings. The van der Waals surface area contributed by atoms with Crippen molar-refractivity contribution in [1.29, 1.82) is 5.26 Å². The van der Waals surface area contributed by atoms with Crippen LogP contribution in [0.4, 0.5) is 0 Å². The van der Waals surface area contributed by atoms with E-state index in [1.165, 1.54) is 0 Å². The van der Waals surface area contributed by atoms with Crippen molar-refractivity contribution in [3.8, 4) is 6.07 Å². The van der Waals surface area contributed by atoms with Gasteiger partial charge in [0.1, 0.15) is 6.04 Å². The predicted octanol–water partition coefficient (Wildman–Crippen LogP) is 1.85. The van der Waals surface area contributed by atoms with Crippen LogP contribution in [-0.2, 0) is 0 Å². The number of nitrogens with one attached hydrogen (secondary N) is 1. The van der Waals surface area contributed by atoms with Crippen molar-refractivity contribution in [1.82, 2.24) is 10.2 Å². The van der Waals surface area contributed by atoms with Crippen molar-refractivity contribution >= 4 is 0 Å². The second kappa shape index (κ2) is 7.67. The standard InChI is InChI=1S/C12H25N3/c1-6-15(8-10(2)3)9-12(7-13)14-11(4)5/h10-12,14H,6,8-9H2,1-5H3. The van der Waals surface area contributed by atoms with Gasteiger partial charge in [-0.1, -0.05) is 20.8 Å². The van der Waals surface area contributed by atoms with Gasteiger partial charge in [-0.15, -0.1) is 0 Å². The second-order valence-electron chi connectivity index (χ2n) is 4.75. The molecular formula is C12H25N3. The number of hydrogen-bond acceptors (Lipinski definition) is 3. The lowest BCUT2D eigenvalue weighted by molar-refractivity contribution is 0.239. The van der Waals surface area contributed by atoms with E-state index in [-0.39, 0.29) is 6.04 Å². The van der Waals surface area contributed by atoms with Crippen LogP contribution in [0.3, 0.4) is 0 Å². The molecule has 0 radical (unpaired) electrons. The SMILES string of the molecule is CCN(CC(C)C)CC(C#N)NC(C)C. The fraction of sp³-hybridized carbons (Fsp3) is 0.917. The Hall–Kier alpha value is -0.590. The van der Waals surface area contributed by atoms with Crippen molar-refractivity contribution in [2.24, 2.45) is 5.92 Å². The molecule has 1 N–H and O–H groups in total. The molecule has 0 aromatic carbocycles. The molecular weight excluding hydrogens is 186 g/mol. The smallest absolute Gasteiger partial charge is 0.108 e. The van der Waals surface area contributed by atoms with E-state index in [1.807, 2.05) is 0 Å². The Morgan fingerprint density at radius 1 is 1.20 bits per heavy atom. The van der Waals surface area contributed by atoms with Crippen molar-refractivity contribution in [2.45, 2.75) is 46.7 Å². The lowest BCUT2D eigenvalue weighted by Crippen LogP contribution is -2.44. The number of nitriles is 1. The molecule has 88 valence electrons. The first-order valence-corrected chi connectivity index (χ1v) is 5.87. The summed E-state index contributed by atoms with van der Waals surface area (Å²) in [5, 5.41) is 12.3. The van der Waals surface area contributed by atoms with Crippen molar-refractivity contribution < 1.29 is 0 Å². The van der Waals surface area contributed by atoms with Crippen LogP contribution in [0, 0.1) is 17.2 Å². The summed E-state index contributed by atoms with van der Waals surface area (Å²) < 4.78 is 0. The van der Waals surface area contributed by atoms with Gasteiger partial charge >= 0.3 is 0 Å². The number of hydrogen-bond donors (Lipinski definition) is 1. The largest absolute Gasteiger partial charge is 0.301 e. The normalized spacial score (nSPS) is 13.5. The minimum absolute atomic E-state index is 0.0521. The van der Waals surface area contributed by atoms with Crippen LogP contribution in [0.5, 0.6) is 0 Å². The zero-order valence-corrected chi connectivity index (χ0v) is 10.7. The van der Waals surface area contributed by atoms with Crippen LogP contribution in [0.1, 0.15) is 34.6 Å². The van der Waals surface area contributed by atoms with E-state index >= 15 is 0 Å². The number of rotatable bonds is 7. The second-order valence-corrected chi connectivity index (χ2v) is 4.75. The predicted molar refractivity (Wildman–Crippen MR) is 64.6 cm³/mol. The first kappa shape index (κ1) is 14.4. The molecule has 3 nitrogen and oxygen atoms in total. The molecule has 0 aromatic heterocycles. The molecule has 0 bridgehead atoms. The molecule has 0 spiro atoms. The molecule has 0 fully saturated rings. The van der Waals surface area contributed by atoms with Gasteiger partial charge < -0.3 is 4.90 Å². The Kier molecular flexibility index (Phi) is 7.37. The van der Waals surface area contributed by atoms with Gasteiger partial charge in [0, 0.05) is 19.1 Å². The monoisotopic (exact) mass is 211 g/mol. The van der Waals surface area contributed by atoms with Crippen molar-refractivity contribution in [3.63, 3.8) is 0 Å². The van der Waals surface area contributed by atoms with E-state index in [9.17, 15) is 0 Å². The van der Waals surface area contributed by atoms with Gasteiger partial charge in [-0.3, -0.25) is 5.32 Å². The Morgan fingerprint density at radius 2 is 1.80 bits per heavy atom.